The van der Waals surface area contributed by atoms with Gasteiger partial charge in [-0.2, -0.15) is 0 Å². The molecule has 24 heavy (non-hydrogen) atoms. The van der Waals surface area contributed by atoms with Gasteiger partial charge in [-0.15, -0.1) is 11.3 Å². The fraction of sp³-hybridized carbons (Fsp3) is 0.235. The summed E-state index contributed by atoms with van der Waals surface area (Å²) in [6.45, 7) is 2.31. The summed E-state index contributed by atoms with van der Waals surface area (Å²) in [5, 5.41) is 7.36. The van der Waals surface area contributed by atoms with E-state index in [1.54, 1.807) is 35.2 Å². The molecule has 6 nitrogen and oxygen atoms in total. The molecule has 0 aliphatic carbocycles. The monoisotopic (exact) mass is 343 g/mol. The summed E-state index contributed by atoms with van der Waals surface area (Å²) >= 11 is 1.40. The highest BCUT2D eigenvalue weighted by atomic mass is 32.1. The molecule has 1 aliphatic heterocycles. The summed E-state index contributed by atoms with van der Waals surface area (Å²) in [6, 6.07) is 10.5. The molecular formula is C17H17N3O3S. The van der Waals surface area contributed by atoms with Crippen LogP contribution in [0.25, 0.3) is 0 Å². The van der Waals surface area contributed by atoms with Crippen molar-refractivity contribution < 1.29 is 14.4 Å². The summed E-state index contributed by atoms with van der Waals surface area (Å²) in [5.74, 6) is -0.452. The molecule has 0 atom stereocenters. The van der Waals surface area contributed by atoms with E-state index in [-0.39, 0.29) is 23.6 Å². The molecule has 124 valence electrons. The number of benzene rings is 1. The fourth-order valence-corrected chi connectivity index (χ4v) is 3.14. The number of hydrogen-bond acceptors (Lipinski definition) is 4. The lowest BCUT2D eigenvalue weighted by Crippen LogP contribution is -2.54. The van der Waals surface area contributed by atoms with E-state index in [9.17, 15) is 14.4 Å². The van der Waals surface area contributed by atoms with Gasteiger partial charge in [0, 0.05) is 31.4 Å². The summed E-state index contributed by atoms with van der Waals surface area (Å²) in [7, 11) is 0. The third kappa shape index (κ3) is 3.62. The Morgan fingerprint density at radius 1 is 1.04 bits per heavy atom. The van der Waals surface area contributed by atoms with Gasteiger partial charge < -0.3 is 15.5 Å². The Morgan fingerprint density at radius 3 is 2.21 bits per heavy atom. The van der Waals surface area contributed by atoms with Crippen molar-refractivity contribution in [2.24, 2.45) is 5.92 Å². The molecule has 1 aliphatic rings. The lowest BCUT2D eigenvalue weighted by atomic mass is 9.98. The van der Waals surface area contributed by atoms with Gasteiger partial charge in [0.15, 0.2) is 0 Å². The normalized spacial score (nSPS) is 14.0. The number of carbonyl (C=O) groups is 3. The van der Waals surface area contributed by atoms with Gasteiger partial charge in [-0.25, -0.2) is 0 Å². The van der Waals surface area contributed by atoms with E-state index in [2.05, 4.69) is 10.6 Å². The van der Waals surface area contributed by atoms with Crippen LogP contribution in [0.2, 0.25) is 0 Å². The van der Waals surface area contributed by atoms with Crippen molar-refractivity contribution >= 4 is 40.4 Å². The number of amides is 3. The highest BCUT2D eigenvalue weighted by Gasteiger charge is 2.36. The first kappa shape index (κ1) is 16.2. The quantitative estimate of drug-likeness (QED) is 0.895. The minimum atomic E-state index is -0.191. The van der Waals surface area contributed by atoms with Crippen LogP contribution < -0.4 is 10.6 Å². The van der Waals surface area contributed by atoms with Crippen LogP contribution in [0.1, 0.15) is 16.6 Å². The molecule has 3 rings (SSSR count). The van der Waals surface area contributed by atoms with Gasteiger partial charge in [-0.05, 0) is 35.7 Å². The van der Waals surface area contributed by atoms with Crippen molar-refractivity contribution in [1.82, 2.24) is 4.90 Å². The van der Waals surface area contributed by atoms with Gasteiger partial charge in [0.2, 0.25) is 11.8 Å². The first-order valence-electron chi connectivity index (χ1n) is 7.54. The van der Waals surface area contributed by atoms with Gasteiger partial charge in [0.25, 0.3) is 5.91 Å². The topological polar surface area (TPSA) is 78.5 Å². The van der Waals surface area contributed by atoms with Crippen LogP contribution in [-0.4, -0.2) is 35.7 Å². The Hall–Kier alpha value is -2.67. The van der Waals surface area contributed by atoms with E-state index >= 15 is 0 Å². The Morgan fingerprint density at radius 2 is 1.67 bits per heavy atom. The Bertz CT molecular complexity index is 750. The maximum absolute atomic E-state index is 12.2. The molecule has 0 radical (unpaired) electrons. The zero-order chi connectivity index (χ0) is 17.1. The zero-order valence-corrected chi connectivity index (χ0v) is 13.9. The Labute approximate surface area is 143 Å². The van der Waals surface area contributed by atoms with E-state index in [1.807, 2.05) is 11.4 Å². The standard InChI is InChI=1S/C17H17N3O3S/c1-11(21)18-13-4-6-14(7-5-13)19-16(22)12-9-20(10-12)17(23)15-3-2-8-24-15/h2-8,12H,9-10H2,1H3,(H,18,21)(H,19,22). The molecule has 2 N–H and O–H groups in total. The molecule has 2 aromatic rings. The summed E-state index contributed by atoms with van der Waals surface area (Å²) in [5.41, 5.74) is 1.34. The van der Waals surface area contributed by atoms with Crippen LogP contribution in [-0.2, 0) is 9.59 Å². The third-order valence-corrected chi connectivity index (χ3v) is 4.60. The van der Waals surface area contributed by atoms with Crippen LogP contribution >= 0.6 is 11.3 Å². The molecule has 0 spiro atoms. The number of anilines is 2. The summed E-state index contributed by atoms with van der Waals surface area (Å²) in [4.78, 5) is 37.6. The van der Waals surface area contributed by atoms with E-state index in [0.29, 0.717) is 29.3 Å². The van der Waals surface area contributed by atoms with Gasteiger partial charge in [0.05, 0.1) is 10.8 Å². The molecule has 1 aromatic carbocycles. The SMILES string of the molecule is CC(=O)Nc1ccc(NC(=O)C2CN(C(=O)c3cccs3)C2)cc1. The Balaban J connectivity index is 1.50. The highest BCUT2D eigenvalue weighted by Crippen LogP contribution is 2.23. The number of rotatable bonds is 4. The molecule has 2 heterocycles. The van der Waals surface area contributed by atoms with E-state index < -0.39 is 0 Å². The lowest BCUT2D eigenvalue weighted by molar-refractivity contribution is -0.123. The molecule has 1 fully saturated rings. The highest BCUT2D eigenvalue weighted by molar-refractivity contribution is 7.12. The summed E-state index contributed by atoms with van der Waals surface area (Å²) in [6.07, 6.45) is 0. The van der Waals surface area contributed by atoms with Crippen molar-refractivity contribution in [3.8, 4) is 0 Å². The maximum Gasteiger partial charge on any atom is 0.263 e. The first-order valence-corrected chi connectivity index (χ1v) is 8.42. The van der Waals surface area contributed by atoms with E-state index in [4.69, 9.17) is 0 Å². The van der Waals surface area contributed by atoms with Crippen molar-refractivity contribution in [2.45, 2.75) is 6.92 Å². The second-order valence-corrected chi connectivity index (χ2v) is 6.58. The molecule has 3 amide bonds. The van der Waals surface area contributed by atoms with Crippen LogP contribution in [0.4, 0.5) is 11.4 Å². The van der Waals surface area contributed by atoms with Gasteiger partial charge >= 0.3 is 0 Å². The number of nitrogens with zero attached hydrogens (tertiary/aromatic N) is 1. The van der Waals surface area contributed by atoms with Crippen LogP contribution in [0, 0.1) is 5.92 Å². The third-order valence-electron chi connectivity index (χ3n) is 3.74. The average Bonchev–Trinajstić information content (AvgIpc) is 3.01. The van der Waals surface area contributed by atoms with E-state index in [1.165, 1.54) is 18.3 Å². The summed E-state index contributed by atoms with van der Waals surface area (Å²) < 4.78 is 0. The minimum absolute atomic E-state index is 0.0197. The number of carbonyl (C=O) groups excluding carboxylic acids is 3. The molecule has 0 unspecified atom stereocenters. The van der Waals surface area contributed by atoms with Gasteiger partial charge in [-0.3, -0.25) is 14.4 Å². The minimum Gasteiger partial charge on any atom is -0.336 e. The maximum atomic E-state index is 12.2. The predicted octanol–water partition coefficient (Wildman–Crippen LogP) is 2.42. The molecule has 0 bridgehead atoms. The smallest absolute Gasteiger partial charge is 0.263 e. The van der Waals surface area contributed by atoms with Gasteiger partial charge in [-0.1, -0.05) is 6.07 Å². The molecular weight excluding hydrogens is 326 g/mol. The van der Waals surface area contributed by atoms with Crippen LogP contribution in [0.3, 0.4) is 0 Å². The van der Waals surface area contributed by atoms with Crippen molar-refractivity contribution in [1.29, 1.82) is 0 Å². The number of thiophene rings is 1. The number of likely N-dealkylation sites (tertiary alicyclic amines) is 1. The fourth-order valence-electron chi connectivity index (χ4n) is 2.45. The molecule has 1 saturated heterocycles. The second-order valence-electron chi connectivity index (χ2n) is 5.63. The molecule has 7 heteroatoms. The number of nitrogens with one attached hydrogen (secondary N) is 2. The molecule has 1 aromatic heterocycles. The second kappa shape index (κ2) is 6.84. The average molecular weight is 343 g/mol. The predicted molar refractivity (Wildman–Crippen MR) is 93.1 cm³/mol. The van der Waals surface area contributed by atoms with Crippen molar-refractivity contribution in [2.75, 3.05) is 23.7 Å². The Kier molecular flexibility index (Phi) is 4.61. The largest absolute Gasteiger partial charge is 0.336 e. The van der Waals surface area contributed by atoms with Gasteiger partial charge in [0.1, 0.15) is 0 Å². The lowest BCUT2D eigenvalue weighted by Gasteiger charge is -2.37. The van der Waals surface area contributed by atoms with Crippen molar-refractivity contribution in [3.05, 3.63) is 46.7 Å². The van der Waals surface area contributed by atoms with Crippen LogP contribution in [0.15, 0.2) is 41.8 Å². The molecule has 0 saturated carbocycles. The van der Waals surface area contributed by atoms with Crippen LogP contribution in [0.5, 0.6) is 0 Å². The first-order chi connectivity index (χ1) is 11.5. The van der Waals surface area contributed by atoms with Crippen molar-refractivity contribution in [3.63, 3.8) is 0 Å². The van der Waals surface area contributed by atoms with E-state index in [0.717, 1.165) is 0 Å². The zero-order valence-electron chi connectivity index (χ0n) is 13.1. The number of hydrogen-bond donors (Lipinski definition) is 2.